The highest BCUT2D eigenvalue weighted by atomic mass is 16.3. The molecule has 5 nitrogen and oxygen atoms in total. The van der Waals surface area contributed by atoms with E-state index in [0.29, 0.717) is 22.5 Å². The number of nitrogens with zero attached hydrogens (tertiary/aromatic N) is 3. The fourth-order valence-corrected chi connectivity index (χ4v) is 3.07. The van der Waals surface area contributed by atoms with E-state index in [1.165, 1.54) is 0 Å². The predicted molar refractivity (Wildman–Crippen MR) is 104 cm³/mol. The second-order valence-electron chi connectivity index (χ2n) is 6.10. The Kier molecular flexibility index (Phi) is 4.38. The highest BCUT2D eigenvalue weighted by molar-refractivity contribution is 5.86. The Balaban J connectivity index is 1.84. The number of rotatable bonds is 4. The van der Waals surface area contributed by atoms with Crippen molar-refractivity contribution in [3.8, 4) is 11.8 Å². The number of pyridine rings is 2. The van der Waals surface area contributed by atoms with E-state index in [1.54, 1.807) is 24.5 Å². The van der Waals surface area contributed by atoms with Gasteiger partial charge in [-0.15, -0.1) is 0 Å². The van der Waals surface area contributed by atoms with Crippen LogP contribution >= 0.6 is 0 Å². The summed E-state index contributed by atoms with van der Waals surface area (Å²) in [6, 6.07) is 22.2. The zero-order valence-electron chi connectivity index (χ0n) is 14.4. The Labute approximate surface area is 156 Å². The Morgan fingerprint density at radius 1 is 0.889 bits per heavy atom. The SMILES string of the molecule is N#Cc1ccc(C(Nc2ccccn2)c2ccc3cccnc3c2O)cc1. The van der Waals surface area contributed by atoms with E-state index in [2.05, 4.69) is 21.4 Å². The van der Waals surface area contributed by atoms with Gasteiger partial charge in [-0.05, 0) is 35.9 Å². The fourth-order valence-electron chi connectivity index (χ4n) is 3.07. The molecule has 2 aromatic heterocycles. The number of nitriles is 1. The summed E-state index contributed by atoms with van der Waals surface area (Å²) >= 11 is 0. The molecule has 0 aliphatic carbocycles. The van der Waals surface area contributed by atoms with Crippen molar-refractivity contribution >= 4 is 16.7 Å². The van der Waals surface area contributed by atoms with Crippen molar-refractivity contribution in [2.75, 3.05) is 5.32 Å². The van der Waals surface area contributed by atoms with Crippen LogP contribution in [-0.2, 0) is 0 Å². The number of hydrogen-bond acceptors (Lipinski definition) is 5. The first kappa shape index (κ1) is 16.6. The van der Waals surface area contributed by atoms with Gasteiger partial charge in [0, 0.05) is 23.3 Å². The zero-order chi connectivity index (χ0) is 18.6. The summed E-state index contributed by atoms with van der Waals surface area (Å²) in [5.74, 6) is 0.818. The van der Waals surface area contributed by atoms with E-state index in [1.807, 2.05) is 54.6 Å². The molecule has 0 saturated carbocycles. The van der Waals surface area contributed by atoms with Crippen LogP contribution in [0, 0.1) is 11.3 Å². The van der Waals surface area contributed by atoms with Crippen LogP contribution in [0.1, 0.15) is 22.7 Å². The van der Waals surface area contributed by atoms with Gasteiger partial charge in [0.05, 0.1) is 17.7 Å². The van der Waals surface area contributed by atoms with Crippen LogP contribution in [-0.4, -0.2) is 15.1 Å². The van der Waals surface area contributed by atoms with Gasteiger partial charge >= 0.3 is 0 Å². The Morgan fingerprint density at radius 2 is 1.70 bits per heavy atom. The average molecular weight is 352 g/mol. The minimum Gasteiger partial charge on any atom is -0.505 e. The molecule has 0 saturated heterocycles. The van der Waals surface area contributed by atoms with Crippen molar-refractivity contribution in [2.45, 2.75) is 6.04 Å². The molecule has 0 fully saturated rings. The van der Waals surface area contributed by atoms with Crippen LogP contribution < -0.4 is 5.32 Å². The van der Waals surface area contributed by atoms with Crippen LogP contribution in [0.15, 0.2) is 79.1 Å². The molecule has 4 aromatic rings. The monoisotopic (exact) mass is 352 g/mol. The van der Waals surface area contributed by atoms with Gasteiger partial charge in [0.1, 0.15) is 17.1 Å². The van der Waals surface area contributed by atoms with Crippen LogP contribution in [0.5, 0.6) is 5.75 Å². The summed E-state index contributed by atoms with van der Waals surface area (Å²) in [6.07, 6.45) is 3.37. The van der Waals surface area contributed by atoms with Crippen LogP contribution in [0.4, 0.5) is 5.82 Å². The van der Waals surface area contributed by atoms with E-state index in [-0.39, 0.29) is 11.8 Å². The average Bonchev–Trinajstić information content (AvgIpc) is 2.74. The van der Waals surface area contributed by atoms with Crippen LogP contribution in [0.2, 0.25) is 0 Å². The summed E-state index contributed by atoms with van der Waals surface area (Å²) < 4.78 is 0. The molecule has 2 N–H and O–H groups in total. The molecule has 0 amide bonds. The van der Waals surface area contributed by atoms with Gasteiger partial charge in [-0.2, -0.15) is 5.26 Å². The van der Waals surface area contributed by atoms with Gasteiger partial charge in [0.25, 0.3) is 0 Å². The normalized spacial score (nSPS) is 11.7. The number of nitrogens with one attached hydrogen (secondary N) is 1. The molecule has 1 unspecified atom stereocenters. The van der Waals surface area contributed by atoms with Crippen molar-refractivity contribution in [3.63, 3.8) is 0 Å². The fraction of sp³-hybridized carbons (Fsp3) is 0.0455. The molecule has 2 aromatic carbocycles. The summed E-state index contributed by atoms with van der Waals surface area (Å²) in [7, 11) is 0. The highest BCUT2D eigenvalue weighted by Crippen LogP contribution is 2.36. The minimum atomic E-state index is -0.348. The van der Waals surface area contributed by atoms with E-state index < -0.39 is 0 Å². The molecule has 0 spiro atoms. The molecule has 2 heterocycles. The van der Waals surface area contributed by atoms with Gasteiger partial charge in [0.2, 0.25) is 0 Å². The molecule has 4 rings (SSSR count). The number of benzene rings is 2. The first-order valence-electron chi connectivity index (χ1n) is 8.50. The quantitative estimate of drug-likeness (QED) is 0.568. The molecule has 5 heteroatoms. The molecular formula is C22H16N4O. The van der Waals surface area contributed by atoms with Gasteiger partial charge in [0.15, 0.2) is 0 Å². The molecule has 130 valence electrons. The standard InChI is InChI=1S/C22H16N4O/c23-14-15-6-8-17(9-7-15)20(26-19-5-1-2-12-24-19)18-11-10-16-4-3-13-25-21(16)22(18)27/h1-13,20,27H,(H,24,26). The lowest BCUT2D eigenvalue weighted by molar-refractivity contribution is 0.471. The van der Waals surface area contributed by atoms with Crippen LogP contribution in [0.25, 0.3) is 10.9 Å². The Morgan fingerprint density at radius 3 is 2.44 bits per heavy atom. The van der Waals surface area contributed by atoms with Gasteiger partial charge in [-0.1, -0.05) is 36.4 Å². The van der Waals surface area contributed by atoms with Gasteiger partial charge < -0.3 is 10.4 Å². The summed E-state index contributed by atoms with van der Waals surface area (Å²) in [5, 5.41) is 24.2. The van der Waals surface area contributed by atoms with Crippen molar-refractivity contribution in [3.05, 3.63) is 95.8 Å². The maximum atomic E-state index is 10.9. The number of aromatic hydroxyl groups is 1. The second-order valence-corrected chi connectivity index (χ2v) is 6.10. The van der Waals surface area contributed by atoms with Crippen LogP contribution in [0.3, 0.4) is 0 Å². The number of phenols is 1. The number of aromatic nitrogens is 2. The third kappa shape index (κ3) is 3.29. The summed E-state index contributed by atoms with van der Waals surface area (Å²) in [5.41, 5.74) is 2.73. The molecule has 0 bridgehead atoms. The highest BCUT2D eigenvalue weighted by Gasteiger charge is 2.20. The third-order valence-electron chi connectivity index (χ3n) is 4.42. The molecule has 0 aliphatic rings. The first-order valence-corrected chi connectivity index (χ1v) is 8.50. The smallest absolute Gasteiger partial charge is 0.147 e. The largest absolute Gasteiger partial charge is 0.505 e. The van der Waals surface area contributed by atoms with Crippen molar-refractivity contribution in [2.24, 2.45) is 0 Å². The number of fused-ring (bicyclic) bond motifs is 1. The summed E-state index contributed by atoms with van der Waals surface area (Å²) in [6.45, 7) is 0. The van der Waals surface area contributed by atoms with Crippen molar-refractivity contribution < 1.29 is 5.11 Å². The zero-order valence-corrected chi connectivity index (χ0v) is 14.4. The summed E-state index contributed by atoms with van der Waals surface area (Å²) in [4.78, 5) is 8.65. The molecule has 0 aliphatic heterocycles. The molecule has 27 heavy (non-hydrogen) atoms. The number of phenolic OH excluding ortho intramolecular Hbond substituents is 1. The molecular weight excluding hydrogens is 336 g/mol. The number of hydrogen-bond donors (Lipinski definition) is 2. The van der Waals surface area contributed by atoms with Gasteiger partial charge in [-0.25, -0.2) is 4.98 Å². The van der Waals surface area contributed by atoms with E-state index >= 15 is 0 Å². The van der Waals surface area contributed by atoms with E-state index in [4.69, 9.17) is 5.26 Å². The lowest BCUT2D eigenvalue weighted by Crippen LogP contribution is -2.13. The van der Waals surface area contributed by atoms with E-state index in [9.17, 15) is 5.11 Å². The van der Waals surface area contributed by atoms with E-state index in [0.717, 1.165) is 10.9 Å². The third-order valence-corrected chi connectivity index (χ3v) is 4.42. The minimum absolute atomic E-state index is 0.130. The Hall–Kier alpha value is -3.91. The topological polar surface area (TPSA) is 81.8 Å². The lowest BCUT2D eigenvalue weighted by atomic mass is 9.95. The maximum absolute atomic E-state index is 10.9. The second kappa shape index (κ2) is 7.14. The van der Waals surface area contributed by atoms with Crippen molar-refractivity contribution in [1.82, 2.24) is 9.97 Å². The van der Waals surface area contributed by atoms with Gasteiger partial charge in [-0.3, -0.25) is 4.98 Å². The first-order chi connectivity index (χ1) is 13.3. The lowest BCUT2D eigenvalue weighted by Gasteiger charge is -2.22. The van der Waals surface area contributed by atoms with Crippen molar-refractivity contribution in [1.29, 1.82) is 5.26 Å². The Bertz CT molecular complexity index is 1120. The molecule has 0 radical (unpaired) electrons. The molecule has 1 atom stereocenters. The maximum Gasteiger partial charge on any atom is 0.147 e. The predicted octanol–water partition coefficient (Wildman–Crippen LogP) is 4.41. The number of anilines is 1.